The van der Waals surface area contributed by atoms with Crippen LogP contribution in [-0.4, -0.2) is 6.36 Å². The maximum Gasteiger partial charge on any atom is 0.573 e. The normalized spacial score (nSPS) is 12.0. The van der Waals surface area contributed by atoms with Gasteiger partial charge in [-0.05, 0) is 54.7 Å². The molecule has 0 fully saturated rings. The fourth-order valence-corrected chi connectivity index (χ4v) is 2.58. The van der Waals surface area contributed by atoms with Gasteiger partial charge in [-0.1, -0.05) is 25.5 Å². The van der Waals surface area contributed by atoms with Crippen molar-refractivity contribution in [1.82, 2.24) is 0 Å². The van der Waals surface area contributed by atoms with Crippen LogP contribution in [0.25, 0.3) is 6.08 Å². The molecule has 0 radical (unpaired) electrons. The van der Waals surface area contributed by atoms with Crippen LogP contribution in [0.1, 0.15) is 36.5 Å². The highest BCUT2D eigenvalue weighted by Gasteiger charge is 2.34. The summed E-state index contributed by atoms with van der Waals surface area (Å²) in [7, 11) is 0. The average molecular weight is 406 g/mol. The minimum absolute atomic E-state index is 0.0600. The van der Waals surface area contributed by atoms with Gasteiger partial charge in [-0.2, -0.15) is 0 Å². The number of hydrogen-bond acceptors (Lipinski definition) is 1. The Hall–Kier alpha value is -2.51. The summed E-state index contributed by atoms with van der Waals surface area (Å²) >= 11 is 0. The zero-order valence-electron chi connectivity index (χ0n) is 14.8. The van der Waals surface area contributed by atoms with Crippen LogP contribution in [0.4, 0.5) is 30.7 Å². The van der Waals surface area contributed by atoms with Gasteiger partial charge >= 0.3 is 6.36 Å². The third kappa shape index (κ3) is 6.00. The molecule has 0 N–H and O–H groups in total. The fourth-order valence-electron chi connectivity index (χ4n) is 2.58. The van der Waals surface area contributed by atoms with Gasteiger partial charge < -0.3 is 4.74 Å². The topological polar surface area (TPSA) is 9.23 Å². The first-order chi connectivity index (χ1) is 13.1. The van der Waals surface area contributed by atoms with Crippen molar-refractivity contribution in [2.24, 2.45) is 0 Å². The molecule has 2 rings (SSSR count). The molecule has 0 saturated heterocycles. The Morgan fingerprint density at radius 2 is 1.43 bits per heavy atom. The molecule has 0 amide bonds. The summed E-state index contributed by atoms with van der Waals surface area (Å²) < 4.78 is 95.5. The van der Waals surface area contributed by atoms with E-state index in [0.717, 1.165) is 25.0 Å². The van der Waals surface area contributed by atoms with Gasteiger partial charge in [0.05, 0.1) is 0 Å². The van der Waals surface area contributed by atoms with Gasteiger partial charge in [-0.3, -0.25) is 0 Å². The van der Waals surface area contributed by atoms with E-state index in [2.05, 4.69) is 4.74 Å². The monoisotopic (exact) mass is 406 g/mol. The van der Waals surface area contributed by atoms with Crippen molar-refractivity contribution < 1.29 is 35.5 Å². The first kappa shape index (κ1) is 21.8. The number of allylic oxidation sites excluding steroid dienone is 1. The second kappa shape index (κ2) is 9.12. The lowest BCUT2D eigenvalue weighted by molar-refractivity contribution is -0.276. The molecule has 0 aliphatic heterocycles. The van der Waals surface area contributed by atoms with Crippen molar-refractivity contribution in [3.8, 4) is 5.75 Å². The molecule has 0 unspecified atom stereocenters. The van der Waals surface area contributed by atoms with Crippen molar-refractivity contribution in [2.75, 3.05) is 0 Å². The zero-order valence-corrected chi connectivity index (χ0v) is 14.8. The Morgan fingerprint density at radius 1 is 0.857 bits per heavy atom. The van der Waals surface area contributed by atoms with Crippen LogP contribution in [0.15, 0.2) is 30.3 Å². The largest absolute Gasteiger partial charge is 0.573 e. The summed E-state index contributed by atoms with van der Waals surface area (Å²) in [6, 6.07) is 3.57. The lowest BCUT2D eigenvalue weighted by atomic mass is 10.0. The lowest BCUT2D eigenvalue weighted by Crippen LogP contribution is -2.19. The van der Waals surface area contributed by atoms with Crippen LogP contribution < -0.4 is 4.74 Å². The SMILES string of the molecule is CCC/C=C/c1cc(F)c(CCc2cc(F)c(OC(F)(F)F)c(F)c2)c(F)c1. The highest BCUT2D eigenvalue weighted by atomic mass is 19.4. The van der Waals surface area contributed by atoms with E-state index in [4.69, 9.17) is 0 Å². The maximum atomic E-state index is 14.2. The minimum atomic E-state index is -5.25. The number of halogens is 7. The summed E-state index contributed by atoms with van der Waals surface area (Å²) in [6.45, 7) is 1.96. The smallest absolute Gasteiger partial charge is 0.399 e. The Kier molecular flexibility index (Phi) is 7.10. The maximum absolute atomic E-state index is 14.2. The zero-order chi connectivity index (χ0) is 20.9. The molecule has 1 nitrogen and oxygen atoms in total. The van der Waals surface area contributed by atoms with E-state index >= 15 is 0 Å². The van der Waals surface area contributed by atoms with Crippen molar-refractivity contribution in [2.45, 2.75) is 39.0 Å². The number of alkyl halides is 3. The second-order valence-electron chi connectivity index (χ2n) is 6.09. The predicted octanol–water partition coefficient (Wildman–Crippen LogP) is 6.74. The van der Waals surface area contributed by atoms with E-state index in [-0.39, 0.29) is 24.0 Å². The molecule has 0 atom stereocenters. The van der Waals surface area contributed by atoms with Gasteiger partial charge in [-0.25, -0.2) is 17.6 Å². The van der Waals surface area contributed by atoms with E-state index in [1.165, 1.54) is 0 Å². The van der Waals surface area contributed by atoms with E-state index < -0.39 is 35.4 Å². The predicted molar refractivity (Wildman–Crippen MR) is 90.7 cm³/mol. The van der Waals surface area contributed by atoms with Crippen LogP contribution in [0.5, 0.6) is 5.75 Å². The Labute approximate surface area is 157 Å². The number of aryl methyl sites for hydroxylation is 1. The quantitative estimate of drug-likeness (QED) is 0.463. The fraction of sp³-hybridized carbons (Fsp3) is 0.300. The number of hydrogen-bond donors (Lipinski definition) is 0. The molecule has 0 spiro atoms. The van der Waals surface area contributed by atoms with Crippen LogP contribution in [0.3, 0.4) is 0 Å². The van der Waals surface area contributed by atoms with Gasteiger partial charge in [0.2, 0.25) is 5.75 Å². The van der Waals surface area contributed by atoms with Crippen LogP contribution in [0.2, 0.25) is 0 Å². The van der Waals surface area contributed by atoms with E-state index in [9.17, 15) is 30.7 Å². The molecule has 0 aromatic heterocycles. The minimum Gasteiger partial charge on any atom is -0.399 e. The molecule has 8 heteroatoms. The second-order valence-corrected chi connectivity index (χ2v) is 6.09. The third-order valence-electron chi connectivity index (χ3n) is 3.87. The van der Waals surface area contributed by atoms with Gasteiger partial charge in [0, 0.05) is 5.56 Å². The molecule has 2 aromatic rings. The molecule has 28 heavy (non-hydrogen) atoms. The molecule has 0 aliphatic carbocycles. The van der Waals surface area contributed by atoms with Gasteiger partial charge in [-0.15, -0.1) is 13.2 Å². The van der Waals surface area contributed by atoms with Crippen molar-refractivity contribution in [3.05, 3.63) is 70.3 Å². The third-order valence-corrected chi connectivity index (χ3v) is 3.87. The Morgan fingerprint density at radius 3 is 1.93 bits per heavy atom. The number of benzene rings is 2. The molecule has 0 aliphatic rings. The Bertz CT molecular complexity index is 810. The van der Waals surface area contributed by atoms with Crippen LogP contribution >= 0.6 is 0 Å². The summed E-state index contributed by atoms with van der Waals surface area (Å²) in [6.07, 6.45) is -0.639. The summed E-state index contributed by atoms with van der Waals surface area (Å²) in [5.74, 6) is -6.30. The molecule has 0 bridgehead atoms. The number of ether oxygens (including phenoxy) is 1. The first-order valence-corrected chi connectivity index (χ1v) is 8.48. The molecule has 0 heterocycles. The van der Waals surface area contributed by atoms with Crippen molar-refractivity contribution in [3.63, 3.8) is 0 Å². The number of unbranched alkanes of at least 4 members (excludes halogenated alkanes) is 1. The van der Waals surface area contributed by atoms with E-state index in [1.807, 2.05) is 6.92 Å². The van der Waals surface area contributed by atoms with Crippen molar-refractivity contribution in [1.29, 1.82) is 0 Å². The van der Waals surface area contributed by atoms with E-state index in [0.29, 0.717) is 17.7 Å². The van der Waals surface area contributed by atoms with Crippen LogP contribution in [0, 0.1) is 23.3 Å². The van der Waals surface area contributed by atoms with Crippen LogP contribution in [-0.2, 0) is 12.8 Å². The lowest BCUT2D eigenvalue weighted by Gasteiger charge is -2.12. The molecule has 2 aromatic carbocycles. The average Bonchev–Trinajstić information content (AvgIpc) is 2.57. The summed E-state index contributed by atoms with van der Waals surface area (Å²) in [5.41, 5.74) is 0.0114. The standard InChI is InChI=1S/C20H17F7O/c1-2-3-4-5-12-8-15(21)14(16(22)9-12)7-6-13-10-17(23)19(18(24)11-13)28-20(25,26)27/h4-5,8-11H,2-3,6-7H2,1H3/b5-4+. The summed E-state index contributed by atoms with van der Waals surface area (Å²) in [5, 5.41) is 0. The van der Waals surface area contributed by atoms with Gasteiger partial charge in [0.25, 0.3) is 0 Å². The van der Waals surface area contributed by atoms with Gasteiger partial charge in [0.1, 0.15) is 11.6 Å². The van der Waals surface area contributed by atoms with E-state index in [1.54, 1.807) is 12.2 Å². The van der Waals surface area contributed by atoms with Crippen molar-refractivity contribution >= 4 is 6.08 Å². The Balaban J connectivity index is 2.16. The summed E-state index contributed by atoms with van der Waals surface area (Å²) in [4.78, 5) is 0. The molecular formula is C20H17F7O. The molecule has 152 valence electrons. The highest BCUT2D eigenvalue weighted by Crippen LogP contribution is 2.30. The van der Waals surface area contributed by atoms with Gasteiger partial charge in [0.15, 0.2) is 11.6 Å². The number of rotatable bonds is 7. The highest BCUT2D eigenvalue weighted by molar-refractivity contribution is 5.50. The first-order valence-electron chi connectivity index (χ1n) is 8.48. The molecular weight excluding hydrogens is 389 g/mol. The molecule has 0 saturated carbocycles.